The predicted octanol–water partition coefficient (Wildman–Crippen LogP) is 2.95. The van der Waals surface area contributed by atoms with E-state index in [1.54, 1.807) is 29.8 Å². The average molecular weight is 272 g/mol. The lowest BCUT2D eigenvalue weighted by atomic mass is 10.2. The van der Waals surface area contributed by atoms with Crippen LogP contribution in [0.5, 0.6) is 5.75 Å². The molecule has 0 fully saturated rings. The van der Waals surface area contributed by atoms with Crippen molar-refractivity contribution >= 4 is 22.6 Å². The van der Waals surface area contributed by atoms with Crippen molar-refractivity contribution in [2.45, 2.75) is 6.92 Å². The van der Waals surface area contributed by atoms with Gasteiger partial charge in [0.05, 0.1) is 5.56 Å². The maximum absolute atomic E-state index is 5.65. The molecule has 0 aromatic carbocycles. The number of aromatic amines is 1. The van der Waals surface area contributed by atoms with E-state index in [4.69, 9.17) is 4.74 Å². The fourth-order valence-electron chi connectivity index (χ4n) is 1.84. The fourth-order valence-corrected chi connectivity index (χ4v) is 2.62. The number of fused-ring (bicyclic) bond motifs is 1. The SMILES string of the molecule is C=CCOc1csc(C)c1-c1nc2nccnc2[nH]1. The van der Waals surface area contributed by atoms with Gasteiger partial charge in [-0.2, -0.15) is 0 Å². The first kappa shape index (κ1) is 11.9. The first-order valence-electron chi connectivity index (χ1n) is 5.78. The summed E-state index contributed by atoms with van der Waals surface area (Å²) >= 11 is 1.63. The Labute approximate surface area is 114 Å². The summed E-state index contributed by atoms with van der Waals surface area (Å²) in [6.45, 7) is 6.16. The Bertz CT molecular complexity index is 698. The molecule has 0 radical (unpaired) electrons. The van der Waals surface area contributed by atoms with E-state index < -0.39 is 0 Å². The fraction of sp³-hybridized carbons (Fsp3) is 0.154. The summed E-state index contributed by atoms with van der Waals surface area (Å²) in [5.74, 6) is 1.54. The number of H-pyrrole nitrogens is 1. The van der Waals surface area contributed by atoms with E-state index in [2.05, 4.69) is 26.5 Å². The highest BCUT2D eigenvalue weighted by Gasteiger charge is 2.16. The highest BCUT2D eigenvalue weighted by Crippen LogP contribution is 2.36. The van der Waals surface area contributed by atoms with Crippen LogP contribution in [0.2, 0.25) is 0 Å². The summed E-state index contributed by atoms with van der Waals surface area (Å²) in [6.07, 6.45) is 4.99. The third-order valence-corrected chi connectivity index (χ3v) is 3.56. The van der Waals surface area contributed by atoms with Crippen LogP contribution >= 0.6 is 11.3 Å². The zero-order valence-electron chi connectivity index (χ0n) is 10.4. The molecule has 0 spiro atoms. The van der Waals surface area contributed by atoms with Gasteiger partial charge >= 0.3 is 0 Å². The normalized spacial score (nSPS) is 10.8. The Hall–Kier alpha value is -2.21. The van der Waals surface area contributed by atoms with Crippen LogP contribution in [0.25, 0.3) is 22.7 Å². The van der Waals surface area contributed by atoms with Crippen LogP contribution in [-0.4, -0.2) is 26.5 Å². The molecule has 0 aliphatic rings. The van der Waals surface area contributed by atoms with E-state index in [-0.39, 0.29) is 0 Å². The molecule has 0 aliphatic carbocycles. The quantitative estimate of drug-likeness (QED) is 0.742. The van der Waals surface area contributed by atoms with Crippen molar-refractivity contribution < 1.29 is 4.74 Å². The monoisotopic (exact) mass is 272 g/mol. The molecule has 3 aromatic rings. The van der Waals surface area contributed by atoms with E-state index in [9.17, 15) is 0 Å². The number of aryl methyl sites for hydroxylation is 1. The second kappa shape index (κ2) is 4.81. The summed E-state index contributed by atoms with van der Waals surface area (Å²) in [4.78, 5) is 17.1. The molecule has 1 N–H and O–H groups in total. The highest BCUT2D eigenvalue weighted by atomic mass is 32.1. The topological polar surface area (TPSA) is 63.7 Å². The van der Waals surface area contributed by atoms with Gasteiger partial charge in [-0.05, 0) is 6.92 Å². The number of hydrogen-bond donors (Lipinski definition) is 1. The lowest BCUT2D eigenvalue weighted by Gasteiger charge is -2.03. The van der Waals surface area contributed by atoms with Crippen LogP contribution in [0.15, 0.2) is 30.4 Å². The Balaban J connectivity index is 2.09. The minimum Gasteiger partial charge on any atom is -0.488 e. The number of aromatic nitrogens is 4. The van der Waals surface area contributed by atoms with Crippen molar-refractivity contribution in [2.75, 3.05) is 6.61 Å². The van der Waals surface area contributed by atoms with E-state index >= 15 is 0 Å². The molecule has 5 nitrogen and oxygen atoms in total. The zero-order chi connectivity index (χ0) is 13.2. The van der Waals surface area contributed by atoms with E-state index in [0.717, 1.165) is 22.0 Å². The second-order valence-electron chi connectivity index (χ2n) is 3.94. The van der Waals surface area contributed by atoms with Gasteiger partial charge in [-0.25, -0.2) is 15.0 Å². The van der Waals surface area contributed by atoms with Gasteiger partial charge in [0, 0.05) is 22.7 Å². The average Bonchev–Trinajstić information content (AvgIpc) is 2.99. The highest BCUT2D eigenvalue weighted by molar-refractivity contribution is 7.10. The molecule has 0 atom stereocenters. The third-order valence-electron chi connectivity index (χ3n) is 2.67. The van der Waals surface area contributed by atoms with Crippen molar-refractivity contribution in [1.29, 1.82) is 0 Å². The number of thiophene rings is 1. The van der Waals surface area contributed by atoms with Crippen LogP contribution in [0.4, 0.5) is 0 Å². The van der Waals surface area contributed by atoms with Gasteiger partial charge in [-0.1, -0.05) is 12.7 Å². The number of nitrogens with zero attached hydrogens (tertiary/aromatic N) is 3. The Morgan fingerprint density at radius 3 is 3.05 bits per heavy atom. The molecular weight excluding hydrogens is 260 g/mol. The van der Waals surface area contributed by atoms with Crippen LogP contribution in [-0.2, 0) is 0 Å². The largest absolute Gasteiger partial charge is 0.488 e. The smallest absolute Gasteiger partial charge is 0.197 e. The molecule has 0 amide bonds. The Morgan fingerprint density at radius 1 is 1.42 bits per heavy atom. The molecule has 0 unspecified atom stereocenters. The number of hydrogen-bond acceptors (Lipinski definition) is 5. The van der Waals surface area contributed by atoms with Crippen LogP contribution in [0, 0.1) is 6.92 Å². The van der Waals surface area contributed by atoms with Gasteiger partial charge in [0.1, 0.15) is 18.2 Å². The lowest BCUT2D eigenvalue weighted by Crippen LogP contribution is -1.94. The molecule has 3 rings (SSSR count). The van der Waals surface area contributed by atoms with Gasteiger partial charge in [-0.3, -0.25) is 0 Å². The second-order valence-corrected chi connectivity index (χ2v) is 5.03. The summed E-state index contributed by atoms with van der Waals surface area (Å²) in [7, 11) is 0. The first-order valence-corrected chi connectivity index (χ1v) is 6.66. The Kier molecular flexibility index (Phi) is 3.00. The molecule has 0 bridgehead atoms. The Morgan fingerprint density at radius 2 is 2.26 bits per heavy atom. The molecule has 0 saturated heterocycles. The van der Waals surface area contributed by atoms with Crippen LogP contribution in [0.1, 0.15) is 4.88 Å². The first-order chi connectivity index (χ1) is 9.29. The van der Waals surface area contributed by atoms with Crippen molar-refractivity contribution in [3.8, 4) is 17.1 Å². The molecule has 0 saturated carbocycles. The van der Waals surface area contributed by atoms with Crippen molar-refractivity contribution in [2.24, 2.45) is 0 Å². The summed E-state index contributed by atoms with van der Waals surface area (Å²) in [5, 5.41) is 1.97. The van der Waals surface area contributed by atoms with Crippen molar-refractivity contribution in [3.05, 3.63) is 35.3 Å². The number of ether oxygens (including phenoxy) is 1. The minimum absolute atomic E-state index is 0.472. The zero-order valence-corrected chi connectivity index (χ0v) is 11.2. The molecule has 3 heterocycles. The maximum atomic E-state index is 5.65. The number of imidazole rings is 1. The third kappa shape index (κ3) is 2.10. The van der Waals surface area contributed by atoms with Gasteiger partial charge in [0.25, 0.3) is 0 Å². The maximum Gasteiger partial charge on any atom is 0.197 e. The van der Waals surface area contributed by atoms with Gasteiger partial charge < -0.3 is 9.72 Å². The summed E-state index contributed by atoms with van der Waals surface area (Å²) < 4.78 is 5.65. The van der Waals surface area contributed by atoms with E-state index in [1.807, 2.05) is 12.3 Å². The molecule has 19 heavy (non-hydrogen) atoms. The van der Waals surface area contributed by atoms with Crippen LogP contribution < -0.4 is 4.74 Å². The van der Waals surface area contributed by atoms with Gasteiger partial charge in [0.2, 0.25) is 0 Å². The standard InChI is InChI=1S/C13H12N4OS/c1-3-6-18-9-7-19-8(2)10(9)11-16-12-13(17-11)15-5-4-14-12/h3-5,7H,1,6H2,2H3,(H,14,15,16,17). The molecule has 3 aromatic heterocycles. The number of nitrogens with one attached hydrogen (secondary N) is 1. The predicted molar refractivity (Wildman–Crippen MR) is 75.4 cm³/mol. The van der Waals surface area contributed by atoms with E-state index in [1.165, 1.54) is 0 Å². The van der Waals surface area contributed by atoms with Crippen LogP contribution in [0.3, 0.4) is 0 Å². The van der Waals surface area contributed by atoms with Gasteiger partial charge in [0.15, 0.2) is 11.3 Å². The summed E-state index contributed by atoms with van der Waals surface area (Å²) in [5.41, 5.74) is 2.25. The number of rotatable bonds is 4. The van der Waals surface area contributed by atoms with Crippen molar-refractivity contribution in [1.82, 2.24) is 19.9 Å². The molecule has 96 valence electrons. The van der Waals surface area contributed by atoms with Crippen molar-refractivity contribution in [3.63, 3.8) is 0 Å². The summed E-state index contributed by atoms with van der Waals surface area (Å²) in [6, 6.07) is 0. The lowest BCUT2D eigenvalue weighted by molar-refractivity contribution is 0.366. The molecule has 6 heteroatoms. The molecular formula is C13H12N4OS. The van der Waals surface area contributed by atoms with E-state index in [0.29, 0.717) is 17.9 Å². The molecule has 0 aliphatic heterocycles. The van der Waals surface area contributed by atoms with Gasteiger partial charge in [-0.15, -0.1) is 11.3 Å². The minimum atomic E-state index is 0.472.